The zero-order valence-corrected chi connectivity index (χ0v) is 16.6. The molecular formula is C20H23N7O2. The zero-order chi connectivity index (χ0) is 21.0. The predicted molar refractivity (Wildman–Crippen MR) is 108 cm³/mol. The third-order valence-electron chi connectivity index (χ3n) is 4.62. The fraction of sp³-hybridized carbons (Fsp3) is 0.400. The topological polar surface area (TPSA) is 124 Å². The summed E-state index contributed by atoms with van der Waals surface area (Å²) in [5.74, 6) is 0.365. The minimum atomic E-state index is -0.472. The molecule has 1 aliphatic rings. The Morgan fingerprint density at radius 2 is 2.00 bits per heavy atom. The van der Waals surface area contributed by atoms with Crippen molar-refractivity contribution in [2.75, 3.05) is 24.7 Å². The average molecular weight is 393 g/mol. The third-order valence-corrected chi connectivity index (χ3v) is 4.62. The van der Waals surface area contributed by atoms with Gasteiger partial charge in [0.05, 0.1) is 23.8 Å². The number of likely N-dealkylation sites (N-methyl/N-ethyl adjacent to an activating group) is 1. The molecule has 3 rings (SSSR count). The molecule has 1 saturated carbocycles. The molecule has 1 aliphatic carbocycles. The second-order valence-corrected chi connectivity index (χ2v) is 7.12. The van der Waals surface area contributed by atoms with Crippen LogP contribution in [-0.4, -0.2) is 51.8 Å². The number of nitrogens with zero attached hydrogens (tertiary/aromatic N) is 5. The van der Waals surface area contributed by atoms with Gasteiger partial charge in [-0.25, -0.2) is 9.97 Å². The first-order chi connectivity index (χ1) is 13.9. The van der Waals surface area contributed by atoms with Crippen LogP contribution in [0.1, 0.15) is 31.9 Å². The average Bonchev–Trinajstić information content (AvgIpc) is 3.57. The van der Waals surface area contributed by atoms with Gasteiger partial charge in [-0.1, -0.05) is 6.92 Å². The molecule has 1 atom stereocenters. The van der Waals surface area contributed by atoms with Crippen LogP contribution in [0.25, 0.3) is 11.3 Å². The molecule has 9 heteroatoms. The summed E-state index contributed by atoms with van der Waals surface area (Å²) in [6.45, 7) is 1.89. The Labute approximate surface area is 169 Å². The second kappa shape index (κ2) is 8.65. The van der Waals surface area contributed by atoms with E-state index < -0.39 is 6.04 Å². The number of hydrogen-bond acceptors (Lipinski definition) is 7. The molecule has 9 nitrogen and oxygen atoms in total. The Morgan fingerprint density at radius 1 is 1.24 bits per heavy atom. The highest BCUT2D eigenvalue weighted by molar-refractivity contribution is 5.93. The Balaban J connectivity index is 1.81. The minimum Gasteiger partial charge on any atom is -0.371 e. The number of amides is 2. The molecule has 0 aromatic carbocycles. The van der Waals surface area contributed by atoms with Gasteiger partial charge in [-0.2, -0.15) is 5.26 Å². The van der Waals surface area contributed by atoms with Crippen LogP contribution in [0, 0.1) is 17.2 Å². The number of anilines is 2. The Hall–Kier alpha value is -3.54. The van der Waals surface area contributed by atoms with Crippen LogP contribution in [0.2, 0.25) is 0 Å². The number of rotatable bonds is 7. The lowest BCUT2D eigenvalue weighted by Crippen LogP contribution is -2.38. The predicted octanol–water partition coefficient (Wildman–Crippen LogP) is 2.04. The molecule has 2 heterocycles. The van der Waals surface area contributed by atoms with E-state index in [1.54, 1.807) is 20.2 Å². The van der Waals surface area contributed by atoms with E-state index in [1.807, 2.05) is 13.0 Å². The molecule has 0 radical (unpaired) electrons. The summed E-state index contributed by atoms with van der Waals surface area (Å²) in [4.78, 5) is 38.4. The summed E-state index contributed by atoms with van der Waals surface area (Å²) in [6, 6.07) is 3.29. The highest BCUT2D eigenvalue weighted by Crippen LogP contribution is 2.30. The van der Waals surface area contributed by atoms with Gasteiger partial charge in [-0.05, 0) is 25.3 Å². The standard InChI is InChI=1S/C20H23N7O2/c1-4-14(20(29)27(2)3)25-15-7-13(9-22-16(15)8-21)17-10-24-18(11-23-17)26-19(28)12-5-6-12/h7,9-12,14,25H,4-6H2,1-3H3,(H,24,26,28)/t14-/m1/s1. The van der Waals surface area contributed by atoms with Crippen molar-refractivity contribution in [1.29, 1.82) is 5.26 Å². The lowest BCUT2D eigenvalue weighted by molar-refractivity contribution is -0.129. The highest BCUT2D eigenvalue weighted by atomic mass is 16.2. The van der Waals surface area contributed by atoms with E-state index in [0.717, 1.165) is 12.8 Å². The van der Waals surface area contributed by atoms with Crippen molar-refractivity contribution in [2.24, 2.45) is 5.92 Å². The third kappa shape index (κ3) is 4.85. The largest absolute Gasteiger partial charge is 0.371 e. The maximum Gasteiger partial charge on any atom is 0.244 e. The summed E-state index contributed by atoms with van der Waals surface area (Å²) < 4.78 is 0. The lowest BCUT2D eigenvalue weighted by Gasteiger charge is -2.22. The van der Waals surface area contributed by atoms with Crippen molar-refractivity contribution in [3.8, 4) is 17.3 Å². The monoisotopic (exact) mass is 393 g/mol. The lowest BCUT2D eigenvalue weighted by atomic mass is 10.1. The number of nitrogens with one attached hydrogen (secondary N) is 2. The van der Waals surface area contributed by atoms with E-state index in [1.165, 1.54) is 23.5 Å². The number of hydrogen-bond donors (Lipinski definition) is 2. The number of carbonyl (C=O) groups excluding carboxylic acids is 2. The Kier molecular flexibility index (Phi) is 6.02. The van der Waals surface area contributed by atoms with Crippen LogP contribution in [0.15, 0.2) is 24.7 Å². The molecule has 2 aromatic rings. The van der Waals surface area contributed by atoms with Crippen LogP contribution in [-0.2, 0) is 9.59 Å². The van der Waals surface area contributed by atoms with E-state index in [-0.39, 0.29) is 23.4 Å². The number of aromatic nitrogens is 3. The van der Waals surface area contributed by atoms with Gasteiger partial charge in [0, 0.05) is 31.8 Å². The van der Waals surface area contributed by atoms with Crippen LogP contribution in [0.4, 0.5) is 11.5 Å². The summed E-state index contributed by atoms with van der Waals surface area (Å²) in [5.41, 5.74) is 1.84. The highest BCUT2D eigenvalue weighted by Gasteiger charge is 2.29. The molecule has 0 unspecified atom stereocenters. The molecule has 2 amide bonds. The van der Waals surface area contributed by atoms with Gasteiger partial charge in [0.2, 0.25) is 11.8 Å². The van der Waals surface area contributed by atoms with Crippen molar-refractivity contribution < 1.29 is 9.59 Å². The fourth-order valence-electron chi connectivity index (χ4n) is 2.76. The SMILES string of the molecule is CC[C@@H](Nc1cc(-c2cnc(NC(=O)C3CC3)cn2)cnc1C#N)C(=O)N(C)C. The summed E-state index contributed by atoms with van der Waals surface area (Å²) in [7, 11) is 3.37. The Bertz CT molecular complexity index is 946. The van der Waals surface area contributed by atoms with E-state index in [2.05, 4.69) is 25.6 Å². The van der Waals surface area contributed by atoms with Gasteiger partial charge in [0.1, 0.15) is 12.1 Å². The van der Waals surface area contributed by atoms with Gasteiger partial charge in [0.15, 0.2) is 11.5 Å². The number of pyridine rings is 1. The van der Waals surface area contributed by atoms with Crippen molar-refractivity contribution >= 4 is 23.3 Å². The molecule has 2 N–H and O–H groups in total. The second-order valence-electron chi connectivity index (χ2n) is 7.12. The van der Waals surface area contributed by atoms with Crippen LogP contribution >= 0.6 is 0 Å². The van der Waals surface area contributed by atoms with Crippen LogP contribution in [0.3, 0.4) is 0 Å². The Morgan fingerprint density at radius 3 is 2.55 bits per heavy atom. The van der Waals surface area contributed by atoms with Crippen molar-refractivity contribution in [2.45, 2.75) is 32.2 Å². The quantitative estimate of drug-likeness (QED) is 0.737. The molecule has 0 aliphatic heterocycles. The first-order valence-corrected chi connectivity index (χ1v) is 9.44. The minimum absolute atomic E-state index is 0.0326. The molecule has 150 valence electrons. The van der Waals surface area contributed by atoms with Gasteiger partial charge in [-0.15, -0.1) is 0 Å². The summed E-state index contributed by atoms with van der Waals surface area (Å²) in [6.07, 6.45) is 6.95. The van der Waals surface area contributed by atoms with Gasteiger partial charge in [0.25, 0.3) is 0 Å². The van der Waals surface area contributed by atoms with Gasteiger partial charge >= 0.3 is 0 Å². The fourth-order valence-corrected chi connectivity index (χ4v) is 2.76. The van der Waals surface area contributed by atoms with Crippen LogP contribution < -0.4 is 10.6 Å². The maximum atomic E-state index is 12.3. The van der Waals surface area contributed by atoms with E-state index >= 15 is 0 Å². The molecular weight excluding hydrogens is 370 g/mol. The van der Waals surface area contributed by atoms with Crippen molar-refractivity contribution in [3.63, 3.8) is 0 Å². The molecule has 0 spiro atoms. The van der Waals surface area contributed by atoms with Crippen molar-refractivity contribution in [1.82, 2.24) is 19.9 Å². The number of carbonyl (C=O) groups is 2. The van der Waals surface area contributed by atoms with Crippen LogP contribution in [0.5, 0.6) is 0 Å². The molecule has 1 fully saturated rings. The first-order valence-electron chi connectivity index (χ1n) is 9.44. The smallest absolute Gasteiger partial charge is 0.244 e. The van der Waals surface area contributed by atoms with E-state index in [4.69, 9.17) is 0 Å². The summed E-state index contributed by atoms with van der Waals surface area (Å²) >= 11 is 0. The van der Waals surface area contributed by atoms with Crippen molar-refractivity contribution in [3.05, 3.63) is 30.4 Å². The normalized spacial score (nSPS) is 13.9. The van der Waals surface area contributed by atoms with E-state index in [0.29, 0.717) is 29.2 Å². The molecule has 29 heavy (non-hydrogen) atoms. The number of nitriles is 1. The maximum absolute atomic E-state index is 12.3. The molecule has 0 saturated heterocycles. The summed E-state index contributed by atoms with van der Waals surface area (Å²) in [5, 5.41) is 15.2. The molecule has 0 bridgehead atoms. The van der Waals surface area contributed by atoms with Gasteiger partial charge < -0.3 is 15.5 Å². The zero-order valence-electron chi connectivity index (χ0n) is 16.6. The van der Waals surface area contributed by atoms with Gasteiger partial charge in [-0.3, -0.25) is 14.6 Å². The van der Waals surface area contributed by atoms with E-state index in [9.17, 15) is 14.9 Å². The molecule has 2 aromatic heterocycles. The first kappa shape index (κ1) is 20.2.